The zero-order valence-corrected chi connectivity index (χ0v) is 13.6. The van der Waals surface area contributed by atoms with Gasteiger partial charge in [-0.25, -0.2) is 0 Å². The molecule has 1 atom stereocenters. The van der Waals surface area contributed by atoms with Crippen molar-refractivity contribution in [2.75, 3.05) is 14.2 Å². The summed E-state index contributed by atoms with van der Waals surface area (Å²) in [5, 5.41) is 6.00. The Morgan fingerprint density at radius 1 is 1.17 bits per heavy atom. The first-order chi connectivity index (χ1) is 11.2. The smallest absolute Gasteiger partial charge is 0.237 e. The SMILES string of the molecule is COc1cccc(CNC(C)C(=O)NCc2ccco2)c1OC. The molecule has 2 rings (SSSR count). The van der Waals surface area contributed by atoms with E-state index in [1.165, 1.54) is 0 Å². The van der Waals surface area contributed by atoms with Crippen LogP contribution in [0.5, 0.6) is 11.5 Å². The average molecular weight is 318 g/mol. The third kappa shape index (κ3) is 4.50. The normalized spacial score (nSPS) is 11.8. The van der Waals surface area contributed by atoms with Gasteiger partial charge in [-0.1, -0.05) is 12.1 Å². The maximum absolute atomic E-state index is 12.1. The van der Waals surface area contributed by atoms with E-state index in [0.29, 0.717) is 24.6 Å². The molecule has 0 saturated carbocycles. The monoisotopic (exact) mass is 318 g/mol. The number of hydrogen-bond donors (Lipinski definition) is 2. The van der Waals surface area contributed by atoms with Crippen molar-refractivity contribution in [2.24, 2.45) is 0 Å². The molecule has 0 bridgehead atoms. The van der Waals surface area contributed by atoms with Crippen LogP contribution in [0.25, 0.3) is 0 Å². The van der Waals surface area contributed by atoms with E-state index >= 15 is 0 Å². The molecule has 6 nitrogen and oxygen atoms in total. The second kappa shape index (κ2) is 8.24. The second-order valence-electron chi connectivity index (χ2n) is 5.05. The summed E-state index contributed by atoms with van der Waals surface area (Å²) in [6.45, 7) is 2.68. The molecule has 0 aliphatic rings. The average Bonchev–Trinajstić information content (AvgIpc) is 3.10. The minimum absolute atomic E-state index is 0.0942. The van der Waals surface area contributed by atoms with E-state index in [9.17, 15) is 4.79 Å². The molecule has 124 valence electrons. The molecular weight excluding hydrogens is 296 g/mol. The lowest BCUT2D eigenvalue weighted by Gasteiger charge is -2.16. The van der Waals surface area contributed by atoms with Gasteiger partial charge in [0.15, 0.2) is 11.5 Å². The summed E-state index contributed by atoms with van der Waals surface area (Å²) in [7, 11) is 3.20. The fourth-order valence-corrected chi connectivity index (χ4v) is 2.19. The van der Waals surface area contributed by atoms with Gasteiger partial charge in [0.1, 0.15) is 5.76 Å². The Morgan fingerprint density at radius 2 is 2.00 bits per heavy atom. The third-order valence-electron chi connectivity index (χ3n) is 3.49. The quantitative estimate of drug-likeness (QED) is 0.780. The number of carbonyl (C=O) groups is 1. The second-order valence-corrected chi connectivity index (χ2v) is 5.05. The standard InChI is InChI=1S/C17H22N2O4/c1-12(17(20)19-11-14-7-5-9-23-14)18-10-13-6-4-8-15(21-2)16(13)22-3/h4-9,12,18H,10-11H2,1-3H3,(H,19,20). The van der Waals surface area contributed by atoms with Crippen molar-refractivity contribution in [3.8, 4) is 11.5 Å². The predicted molar refractivity (Wildman–Crippen MR) is 86.4 cm³/mol. The maximum Gasteiger partial charge on any atom is 0.237 e. The Bertz CT molecular complexity index is 626. The number of ether oxygens (including phenoxy) is 2. The molecular formula is C17H22N2O4. The van der Waals surface area contributed by atoms with Gasteiger partial charge < -0.3 is 24.5 Å². The van der Waals surface area contributed by atoms with Crippen molar-refractivity contribution in [2.45, 2.75) is 26.1 Å². The Balaban J connectivity index is 1.88. The highest BCUT2D eigenvalue weighted by atomic mass is 16.5. The molecule has 0 saturated heterocycles. The molecule has 1 heterocycles. The fraction of sp³-hybridized carbons (Fsp3) is 0.353. The molecule has 1 amide bonds. The van der Waals surface area contributed by atoms with E-state index in [0.717, 1.165) is 11.3 Å². The maximum atomic E-state index is 12.1. The number of methoxy groups -OCH3 is 2. The molecule has 23 heavy (non-hydrogen) atoms. The summed E-state index contributed by atoms with van der Waals surface area (Å²) in [6, 6.07) is 8.92. The molecule has 0 aliphatic carbocycles. The highest BCUT2D eigenvalue weighted by molar-refractivity contribution is 5.81. The minimum atomic E-state index is -0.346. The van der Waals surface area contributed by atoms with Crippen molar-refractivity contribution >= 4 is 5.91 Å². The van der Waals surface area contributed by atoms with Crippen LogP contribution >= 0.6 is 0 Å². The van der Waals surface area contributed by atoms with Crippen LogP contribution in [0.1, 0.15) is 18.2 Å². The molecule has 2 aromatic rings. The van der Waals surface area contributed by atoms with Crippen LogP contribution in [0.4, 0.5) is 0 Å². The molecule has 1 aromatic heterocycles. The number of rotatable bonds is 8. The Labute approximate surface area is 135 Å². The Morgan fingerprint density at radius 3 is 2.65 bits per heavy atom. The summed E-state index contributed by atoms with van der Waals surface area (Å²) in [4.78, 5) is 12.1. The topological polar surface area (TPSA) is 72.7 Å². The van der Waals surface area contributed by atoms with Gasteiger partial charge in [-0.15, -0.1) is 0 Å². The van der Waals surface area contributed by atoms with Crippen LogP contribution in [-0.2, 0) is 17.9 Å². The number of hydrogen-bond acceptors (Lipinski definition) is 5. The van der Waals surface area contributed by atoms with Crippen LogP contribution in [0.15, 0.2) is 41.0 Å². The first-order valence-electron chi connectivity index (χ1n) is 7.39. The summed E-state index contributed by atoms with van der Waals surface area (Å²) in [5.74, 6) is 1.97. The summed E-state index contributed by atoms with van der Waals surface area (Å²) >= 11 is 0. The summed E-state index contributed by atoms with van der Waals surface area (Å²) in [6.07, 6.45) is 1.58. The minimum Gasteiger partial charge on any atom is -0.493 e. The van der Waals surface area contributed by atoms with Crippen molar-refractivity contribution in [3.63, 3.8) is 0 Å². The van der Waals surface area contributed by atoms with Gasteiger partial charge in [0.2, 0.25) is 5.91 Å². The number of furan rings is 1. The van der Waals surface area contributed by atoms with Crippen LogP contribution in [0.2, 0.25) is 0 Å². The Hall–Kier alpha value is -2.47. The molecule has 6 heteroatoms. The molecule has 0 aliphatic heterocycles. The van der Waals surface area contributed by atoms with Gasteiger partial charge in [0.05, 0.1) is 33.1 Å². The summed E-state index contributed by atoms with van der Waals surface area (Å²) in [5.41, 5.74) is 0.928. The van der Waals surface area contributed by atoms with Crippen LogP contribution in [-0.4, -0.2) is 26.2 Å². The van der Waals surface area contributed by atoms with Crippen LogP contribution < -0.4 is 20.1 Å². The van der Waals surface area contributed by atoms with Gasteiger partial charge in [-0.2, -0.15) is 0 Å². The number of para-hydroxylation sites is 1. The fourth-order valence-electron chi connectivity index (χ4n) is 2.19. The van der Waals surface area contributed by atoms with Gasteiger partial charge >= 0.3 is 0 Å². The summed E-state index contributed by atoms with van der Waals surface area (Å²) < 4.78 is 15.8. The first-order valence-corrected chi connectivity index (χ1v) is 7.39. The molecule has 2 N–H and O–H groups in total. The molecule has 0 fully saturated rings. The van der Waals surface area contributed by atoms with E-state index in [4.69, 9.17) is 13.9 Å². The van der Waals surface area contributed by atoms with Crippen molar-refractivity contribution in [3.05, 3.63) is 47.9 Å². The third-order valence-corrected chi connectivity index (χ3v) is 3.49. The molecule has 0 spiro atoms. The van der Waals surface area contributed by atoms with E-state index < -0.39 is 0 Å². The molecule has 0 radical (unpaired) electrons. The van der Waals surface area contributed by atoms with Gasteiger partial charge in [0.25, 0.3) is 0 Å². The molecule has 1 unspecified atom stereocenters. The highest BCUT2D eigenvalue weighted by Crippen LogP contribution is 2.30. The van der Waals surface area contributed by atoms with Crippen LogP contribution in [0.3, 0.4) is 0 Å². The van der Waals surface area contributed by atoms with Gasteiger partial charge in [0, 0.05) is 12.1 Å². The first kappa shape index (κ1) is 16.9. The lowest BCUT2D eigenvalue weighted by molar-refractivity contribution is -0.123. The van der Waals surface area contributed by atoms with Crippen molar-refractivity contribution in [1.82, 2.24) is 10.6 Å². The zero-order valence-electron chi connectivity index (χ0n) is 13.6. The number of benzene rings is 1. The lowest BCUT2D eigenvalue weighted by atomic mass is 10.1. The van der Waals surface area contributed by atoms with E-state index in [1.54, 1.807) is 26.5 Å². The lowest BCUT2D eigenvalue weighted by Crippen LogP contribution is -2.41. The largest absolute Gasteiger partial charge is 0.493 e. The number of amides is 1. The predicted octanol–water partition coefficient (Wildman–Crippen LogP) is 2.09. The Kier molecular flexibility index (Phi) is 6.05. The van der Waals surface area contributed by atoms with Crippen molar-refractivity contribution in [1.29, 1.82) is 0 Å². The van der Waals surface area contributed by atoms with E-state index in [1.807, 2.05) is 31.2 Å². The van der Waals surface area contributed by atoms with E-state index in [2.05, 4.69) is 10.6 Å². The highest BCUT2D eigenvalue weighted by Gasteiger charge is 2.15. The molecule has 1 aromatic carbocycles. The van der Waals surface area contributed by atoms with Gasteiger partial charge in [-0.05, 0) is 25.1 Å². The number of carbonyl (C=O) groups excluding carboxylic acids is 1. The number of nitrogens with one attached hydrogen (secondary N) is 2. The zero-order chi connectivity index (χ0) is 16.7. The van der Waals surface area contributed by atoms with Crippen LogP contribution in [0, 0.1) is 0 Å². The van der Waals surface area contributed by atoms with Crippen molar-refractivity contribution < 1.29 is 18.7 Å². The van der Waals surface area contributed by atoms with E-state index in [-0.39, 0.29) is 11.9 Å². The van der Waals surface area contributed by atoms with Gasteiger partial charge in [-0.3, -0.25) is 4.79 Å².